The fraction of sp³-hybridized carbons (Fsp3) is 1.00. The quantitative estimate of drug-likeness (QED) is 0.807. The number of alkyl halides is 3. The second kappa shape index (κ2) is 4.92. The van der Waals surface area contributed by atoms with Gasteiger partial charge in [-0.15, -0.1) is 0 Å². The first-order valence-electron chi connectivity index (χ1n) is 6.08. The number of piperidine rings is 1. The van der Waals surface area contributed by atoms with E-state index in [4.69, 9.17) is 0 Å². The van der Waals surface area contributed by atoms with Crippen molar-refractivity contribution in [2.45, 2.75) is 50.4 Å². The zero-order valence-electron chi connectivity index (χ0n) is 9.39. The summed E-state index contributed by atoms with van der Waals surface area (Å²) in [4.78, 5) is 1.51. The minimum atomic E-state index is -4.05. The third-order valence-electron chi connectivity index (χ3n) is 3.57. The molecule has 16 heavy (non-hydrogen) atoms. The first kappa shape index (κ1) is 12.2. The van der Waals surface area contributed by atoms with Gasteiger partial charge in [-0.25, -0.2) is 0 Å². The van der Waals surface area contributed by atoms with Crippen LogP contribution in [0.25, 0.3) is 0 Å². The highest BCUT2D eigenvalue weighted by Gasteiger charge is 2.33. The van der Waals surface area contributed by atoms with E-state index in [2.05, 4.69) is 5.32 Å². The number of nitrogens with one attached hydrogen (secondary N) is 1. The van der Waals surface area contributed by atoms with Crippen LogP contribution in [-0.4, -0.2) is 42.8 Å². The monoisotopic (exact) mass is 236 g/mol. The predicted molar refractivity (Wildman–Crippen MR) is 56.3 cm³/mol. The highest BCUT2D eigenvalue weighted by atomic mass is 19.4. The molecule has 2 nitrogen and oxygen atoms in total. The van der Waals surface area contributed by atoms with E-state index in [1.807, 2.05) is 0 Å². The lowest BCUT2D eigenvalue weighted by molar-refractivity contribution is -0.148. The molecule has 0 aromatic rings. The molecular formula is C11H19F3N2. The van der Waals surface area contributed by atoms with Crippen LogP contribution in [0.4, 0.5) is 13.2 Å². The summed E-state index contributed by atoms with van der Waals surface area (Å²) >= 11 is 0. The Morgan fingerprint density at radius 3 is 2.00 bits per heavy atom. The third kappa shape index (κ3) is 3.63. The van der Waals surface area contributed by atoms with E-state index in [1.54, 1.807) is 0 Å². The fourth-order valence-corrected chi connectivity index (χ4v) is 2.42. The summed E-state index contributed by atoms with van der Waals surface area (Å²) < 4.78 is 36.5. The molecule has 1 heterocycles. The van der Waals surface area contributed by atoms with Crippen LogP contribution in [0.15, 0.2) is 0 Å². The molecule has 0 radical (unpaired) electrons. The molecule has 1 N–H and O–H groups in total. The number of rotatable bonds is 3. The largest absolute Gasteiger partial charge is 0.401 e. The van der Waals surface area contributed by atoms with E-state index in [1.165, 1.54) is 24.2 Å². The molecule has 0 spiro atoms. The molecule has 2 rings (SSSR count). The van der Waals surface area contributed by atoms with E-state index in [9.17, 15) is 13.2 Å². The average molecular weight is 236 g/mol. The van der Waals surface area contributed by atoms with Gasteiger partial charge in [0.05, 0.1) is 6.54 Å². The zero-order valence-corrected chi connectivity index (χ0v) is 9.39. The third-order valence-corrected chi connectivity index (χ3v) is 3.57. The van der Waals surface area contributed by atoms with Crippen molar-refractivity contribution in [3.63, 3.8) is 0 Å². The molecule has 5 heteroatoms. The summed E-state index contributed by atoms with van der Waals surface area (Å²) in [6.45, 7) is 0.400. The Kier molecular flexibility index (Phi) is 3.74. The Morgan fingerprint density at radius 2 is 1.56 bits per heavy atom. The smallest absolute Gasteiger partial charge is 0.311 e. The zero-order chi connectivity index (χ0) is 11.6. The van der Waals surface area contributed by atoms with E-state index >= 15 is 0 Å². The Labute approximate surface area is 94.2 Å². The maximum atomic E-state index is 12.2. The molecule has 2 fully saturated rings. The lowest BCUT2D eigenvalue weighted by Crippen LogP contribution is -2.49. The summed E-state index contributed by atoms with van der Waals surface area (Å²) in [7, 11) is 0. The Hall–Kier alpha value is -0.290. The molecule has 0 aromatic heterocycles. The van der Waals surface area contributed by atoms with Crippen molar-refractivity contribution in [3.8, 4) is 0 Å². The van der Waals surface area contributed by atoms with Gasteiger partial charge in [0.2, 0.25) is 0 Å². The molecule has 1 aliphatic heterocycles. The SMILES string of the molecule is FC(F)(F)CN1CCC(NC2CCC2)CC1. The molecule has 1 saturated heterocycles. The first-order valence-corrected chi connectivity index (χ1v) is 6.08. The van der Waals surface area contributed by atoms with Crippen LogP contribution in [0, 0.1) is 0 Å². The minimum Gasteiger partial charge on any atom is -0.311 e. The molecule has 2 aliphatic rings. The van der Waals surface area contributed by atoms with Crippen molar-refractivity contribution < 1.29 is 13.2 Å². The van der Waals surface area contributed by atoms with E-state index in [-0.39, 0.29) is 0 Å². The molecule has 1 saturated carbocycles. The van der Waals surface area contributed by atoms with E-state index in [0.29, 0.717) is 25.2 Å². The van der Waals surface area contributed by atoms with Crippen LogP contribution >= 0.6 is 0 Å². The number of nitrogens with zero attached hydrogens (tertiary/aromatic N) is 1. The average Bonchev–Trinajstić information content (AvgIpc) is 2.11. The Balaban J connectivity index is 1.65. The number of hydrogen-bond donors (Lipinski definition) is 1. The van der Waals surface area contributed by atoms with Crippen LogP contribution in [-0.2, 0) is 0 Å². The van der Waals surface area contributed by atoms with Crippen molar-refractivity contribution in [1.29, 1.82) is 0 Å². The van der Waals surface area contributed by atoms with Gasteiger partial charge < -0.3 is 5.32 Å². The summed E-state index contributed by atoms with van der Waals surface area (Å²) in [5.41, 5.74) is 0. The number of likely N-dealkylation sites (tertiary alicyclic amines) is 1. The summed E-state index contributed by atoms with van der Waals surface area (Å²) in [6, 6.07) is 1.08. The molecule has 0 amide bonds. The topological polar surface area (TPSA) is 15.3 Å². The van der Waals surface area contributed by atoms with Crippen molar-refractivity contribution in [3.05, 3.63) is 0 Å². The second-order valence-electron chi connectivity index (χ2n) is 4.96. The van der Waals surface area contributed by atoms with Crippen LogP contribution in [0.2, 0.25) is 0 Å². The van der Waals surface area contributed by atoms with Gasteiger partial charge in [-0.2, -0.15) is 13.2 Å². The van der Waals surface area contributed by atoms with Crippen LogP contribution in [0.1, 0.15) is 32.1 Å². The summed E-state index contributed by atoms with van der Waals surface area (Å²) in [5, 5.41) is 3.53. The van der Waals surface area contributed by atoms with Crippen molar-refractivity contribution in [2.75, 3.05) is 19.6 Å². The molecule has 0 unspecified atom stereocenters. The molecule has 0 atom stereocenters. The lowest BCUT2D eigenvalue weighted by Gasteiger charge is -2.37. The maximum Gasteiger partial charge on any atom is 0.401 e. The fourth-order valence-electron chi connectivity index (χ4n) is 2.42. The highest BCUT2D eigenvalue weighted by Crippen LogP contribution is 2.23. The van der Waals surface area contributed by atoms with Gasteiger partial charge in [-0.1, -0.05) is 6.42 Å². The van der Waals surface area contributed by atoms with Crippen molar-refractivity contribution >= 4 is 0 Å². The van der Waals surface area contributed by atoms with Crippen LogP contribution < -0.4 is 5.32 Å². The van der Waals surface area contributed by atoms with Gasteiger partial charge in [-0.3, -0.25) is 4.90 Å². The normalized spacial score (nSPS) is 25.7. The van der Waals surface area contributed by atoms with Crippen molar-refractivity contribution in [1.82, 2.24) is 10.2 Å². The van der Waals surface area contributed by atoms with Gasteiger partial charge in [0, 0.05) is 12.1 Å². The summed E-state index contributed by atoms with van der Waals surface area (Å²) in [6.07, 6.45) is 1.43. The van der Waals surface area contributed by atoms with Gasteiger partial charge >= 0.3 is 6.18 Å². The standard InChI is InChI=1S/C11H19F3N2/c12-11(13,14)8-16-6-4-10(5-7-16)15-9-2-1-3-9/h9-10,15H,1-8H2. The van der Waals surface area contributed by atoms with E-state index < -0.39 is 12.7 Å². The second-order valence-corrected chi connectivity index (χ2v) is 4.96. The molecule has 94 valence electrons. The lowest BCUT2D eigenvalue weighted by atomic mass is 9.91. The minimum absolute atomic E-state index is 0.440. The number of hydrogen-bond acceptors (Lipinski definition) is 2. The van der Waals surface area contributed by atoms with Gasteiger partial charge in [0.25, 0.3) is 0 Å². The highest BCUT2D eigenvalue weighted by molar-refractivity contribution is 4.84. The summed E-state index contributed by atoms with van der Waals surface area (Å²) in [5.74, 6) is 0. The molecular weight excluding hydrogens is 217 g/mol. The van der Waals surface area contributed by atoms with Crippen molar-refractivity contribution in [2.24, 2.45) is 0 Å². The Morgan fingerprint density at radius 1 is 1.00 bits per heavy atom. The molecule has 0 aromatic carbocycles. The molecule has 0 bridgehead atoms. The predicted octanol–water partition coefficient (Wildman–Crippen LogP) is 2.16. The molecule has 1 aliphatic carbocycles. The van der Waals surface area contributed by atoms with E-state index in [0.717, 1.165) is 12.8 Å². The maximum absolute atomic E-state index is 12.2. The first-order chi connectivity index (χ1) is 7.53. The van der Waals surface area contributed by atoms with Gasteiger partial charge in [-0.05, 0) is 38.8 Å². The Bertz CT molecular complexity index is 218. The van der Waals surface area contributed by atoms with Gasteiger partial charge in [0.1, 0.15) is 0 Å². The van der Waals surface area contributed by atoms with Crippen LogP contribution in [0.3, 0.4) is 0 Å². The van der Waals surface area contributed by atoms with Crippen LogP contribution in [0.5, 0.6) is 0 Å². The number of halogens is 3. The van der Waals surface area contributed by atoms with Gasteiger partial charge in [0.15, 0.2) is 0 Å².